The lowest BCUT2D eigenvalue weighted by Gasteiger charge is -2.11. The molecule has 4 rings (SSSR count). The first-order valence-electron chi connectivity index (χ1n) is 8.19. The Morgan fingerprint density at radius 3 is 2.71 bits per heavy atom. The molecule has 0 unspecified atom stereocenters. The predicted octanol–water partition coefficient (Wildman–Crippen LogP) is 5.01. The van der Waals surface area contributed by atoms with Crippen LogP contribution in [0.25, 0.3) is 27.2 Å². The van der Waals surface area contributed by atoms with Gasteiger partial charge in [0.25, 0.3) is 0 Å². The van der Waals surface area contributed by atoms with Gasteiger partial charge in [0.1, 0.15) is 6.54 Å². The second-order valence-corrected chi connectivity index (χ2v) is 6.12. The Labute approximate surface area is 157 Å². The fourth-order valence-corrected chi connectivity index (χ4v) is 3.11. The third-order valence-electron chi connectivity index (χ3n) is 4.34. The molecular weight excluding hydrogens is 371 g/mol. The lowest BCUT2D eigenvalue weighted by molar-refractivity contribution is -0.135. The first kappa shape index (κ1) is 17.7. The molecule has 0 amide bonds. The fraction of sp³-hybridized carbons (Fsp3) is 0.158. The van der Waals surface area contributed by atoms with E-state index in [-0.39, 0.29) is 23.7 Å². The highest BCUT2D eigenvalue weighted by molar-refractivity contribution is 5.90. The maximum atomic E-state index is 13.5. The van der Waals surface area contributed by atoms with Crippen molar-refractivity contribution in [1.82, 2.24) is 19.7 Å². The van der Waals surface area contributed by atoms with E-state index < -0.39 is 17.4 Å². The third-order valence-corrected chi connectivity index (χ3v) is 4.34. The highest BCUT2D eigenvalue weighted by atomic mass is 19.4. The lowest BCUT2D eigenvalue weighted by Crippen LogP contribution is -2.06. The van der Waals surface area contributed by atoms with Crippen LogP contribution in [-0.4, -0.2) is 19.7 Å². The first-order valence-corrected chi connectivity index (χ1v) is 8.19. The molecule has 0 fully saturated rings. The summed E-state index contributed by atoms with van der Waals surface area (Å²) in [6.07, 6.45) is -1.43. The van der Waals surface area contributed by atoms with E-state index in [1.165, 1.54) is 18.2 Å². The van der Waals surface area contributed by atoms with Crippen LogP contribution >= 0.6 is 0 Å². The van der Waals surface area contributed by atoms with E-state index in [0.29, 0.717) is 16.8 Å². The van der Waals surface area contributed by atoms with Crippen LogP contribution in [0.15, 0.2) is 47.1 Å². The molecular formula is C19H12F3N5O. The summed E-state index contributed by atoms with van der Waals surface area (Å²) in [4.78, 5) is 7.01. The zero-order valence-electron chi connectivity index (χ0n) is 14.5. The zero-order chi connectivity index (χ0) is 19.9. The van der Waals surface area contributed by atoms with Crippen molar-refractivity contribution < 1.29 is 17.6 Å². The molecule has 6 nitrogen and oxygen atoms in total. The molecule has 0 aliphatic rings. The average Bonchev–Trinajstić information content (AvgIpc) is 3.26. The van der Waals surface area contributed by atoms with Gasteiger partial charge in [-0.3, -0.25) is 4.98 Å². The van der Waals surface area contributed by atoms with Crippen molar-refractivity contribution in [3.63, 3.8) is 0 Å². The molecule has 0 aliphatic heterocycles. The molecule has 3 aromatic heterocycles. The Morgan fingerprint density at radius 1 is 1.21 bits per heavy atom. The van der Waals surface area contributed by atoms with Gasteiger partial charge in [0, 0.05) is 29.0 Å². The number of aryl methyl sites for hydroxylation is 1. The maximum Gasteiger partial charge on any atom is 0.408 e. The summed E-state index contributed by atoms with van der Waals surface area (Å²) >= 11 is 0. The number of alkyl halides is 3. The number of benzene rings is 1. The zero-order valence-corrected chi connectivity index (χ0v) is 14.5. The summed E-state index contributed by atoms with van der Waals surface area (Å²) < 4.78 is 47.9. The van der Waals surface area contributed by atoms with Gasteiger partial charge in [-0.1, -0.05) is 6.07 Å². The molecule has 0 bridgehead atoms. The number of rotatable bonds is 3. The van der Waals surface area contributed by atoms with E-state index in [2.05, 4.69) is 20.0 Å². The molecule has 0 saturated carbocycles. The van der Waals surface area contributed by atoms with Crippen molar-refractivity contribution in [2.75, 3.05) is 0 Å². The van der Waals surface area contributed by atoms with Crippen molar-refractivity contribution in [2.24, 2.45) is 0 Å². The molecule has 4 aromatic rings. The van der Waals surface area contributed by atoms with Gasteiger partial charge in [-0.2, -0.15) is 13.2 Å². The monoisotopic (exact) mass is 383 g/mol. The summed E-state index contributed by atoms with van der Waals surface area (Å²) in [6, 6.07) is 7.61. The molecule has 0 aliphatic carbocycles. The Balaban J connectivity index is 1.78. The summed E-state index contributed by atoms with van der Waals surface area (Å²) in [6.45, 7) is 8.84. The fourth-order valence-electron chi connectivity index (χ4n) is 3.11. The smallest absolute Gasteiger partial charge is 0.408 e. The highest BCUT2D eigenvalue weighted by Crippen LogP contribution is 2.42. The topological polar surface area (TPSA) is 61.1 Å². The number of halogens is 3. The second kappa shape index (κ2) is 6.49. The van der Waals surface area contributed by atoms with Gasteiger partial charge >= 0.3 is 6.18 Å². The summed E-state index contributed by atoms with van der Waals surface area (Å²) in [5, 5.41) is 7.93. The molecule has 0 spiro atoms. The van der Waals surface area contributed by atoms with Gasteiger partial charge < -0.3 is 8.98 Å². The van der Waals surface area contributed by atoms with Gasteiger partial charge in [-0.05, 0) is 31.2 Å². The Morgan fingerprint density at radius 2 is 2.04 bits per heavy atom. The van der Waals surface area contributed by atoms with Crippen molar-refractivity contribution >= 4 is 16.6 Å². The number of fused-ring (bicyclic) bond motifs is 1. The van der Waals surface area contributed by atoms with Gasteiger partial charge in [0.2, 0.25) is 11.8 Å². The van der Waals surface area contributed by atoms with E-state index in [9.17, 15) is 13.2 Å². The van der Waals surface area contributed by atoms with E-state index in [1.807, 2.05) is 0 Å². The van der Waals surface area contributed by atoms with E-state index in [1.54, 1.807) is 36.0 Å². The normalized spacial score (nSPS) is 11.7. The number of nitrogens with zero attached hydrogens (tertiary/aromatic N) is 5. The Hall–Kier alpha value is -3.67. The molecule has 3 heterocycles. The molecule has 0 atom stereocenters. The van der Waals surface area contributed by atoms with Crippen molar-refractivity contribution in [2.45, 2.75) is 19.6 Å². The minimum atomic E-state index is -4.63. The van der Waals surface area contributed by atoms with Crippen LogP contribution < -0.4 is 0 Å². The van der Waals surface area contributed by atoms with Crippen LogP contribution in [0.1, 0.15) is 17.1 Å². The van der Waals surface area contributed by atoms with Crippen LogP contribution in [0.4, 0.5) is 18.9 Å². The predicted molar refractivity (Wildman–Crippen MR) is 94.6 cm³/mol. The quantitative estimate of drug-likeness (QED) is 0.467. The average molecular weight is 383 g/mol. The lowest BCUT2D eigenvalue weighted by atomic mass is 10.1. The number of pyridine rings is 1. The highest BCUT2D eigenvalue weighted by Gasteiger charge is 2.36. The molecule has 9 heteroatoms. The van der Waals surface area contributed by atoms with Gasteiger partial charge in [0.05, 0.1) is 17.7 Å². The van der Waals surface area contributed by atoms with Crippen molar-refractivity contribution in [3.05, 3.63) is 71.3 Å². The molecule has 0 saturated heterocycles. The van der Waals surface area contributed by atoms with E-state index >= 15 is 0 Å². The molecule has 0 radical (unpaired) electrons. The molecule has 140 valence electrons. The van der Waals surface area contributed by atoms with Gasteiger partial charge in [-0.25, -0.2) is 4.85 Å². The third kappa shape index (κ3) is 2.99. The summed E-state index contributed by atoms with van der Waals surface area (Å²) in [5.41, 5.74) is 0.232. The maximum absolute atomic E-state index is 13.5. The van der Waals surface area contributed by atoms with Crippen molar-refractivity contribution in [3.8, 4) is 11.5 Å². The van der Waals surface area contributed by atoms with Crippen LogP contribution in [0.5, 0.6) is 0 Å². The van der Waals surface area contributed by atoms with Crippen LogP contribution in [0, 0.1) is 13.5 Å². The van der Waals surface area contributed by atoms with Gasteiger partial charge in [-0.15, -0.1) is 10.2 Å². The van der Waals surface area contributed by atoms with E-state index in [4.69, 9.17) is 11.0 Å². The molecule has 1 aromatic carbocycles. The van der Waals surface area contributed by atoms with Crippen LogP contribution in [0.3, 0.4) is 0 Å². The minimum absolute atomic E-state index is 0.0227. The Kier molecular flexibility index (Phi) is 4.11. The molecule has 0 N–H and O–H groups in total. The molecule has 28 heavy (non-hydrogen) atoms. The number of aromatic nitrogens is 4. The van der Waals surface area contributed by atoms with Gasteiger partial charge in [0.15, 0.2) is 5.69 Å². The van der Waals surface area contributed by atoms with Crippen molar-refractivity contribution in [1.29, 1.82) is 0 Å². The number of hydrogen-bond acceptors (Lipinski definition) is 4. The standard InChI is InChI=1S/C19H12F3N5O/c1-11-8-13-15(6-5-14(23-2)17(13)19(20,21)22)27(11)10-16-25-26-18(28-16)12-4-3-7-24-9-12/h3-9H,10H2,1H3. The SMILES string of the molecule is [C-]#[N+]c1ccc2c(cc(C)n2Cc2nnc(-c3cccnc3)o2)c1C(F)(F)F. The van der Waals surface area contributed by atoms with Crippen LogP contribution in [0.2, 0.25) is 0 Å². The van der Waals surface area contributed by atoms with E-state index in [0.717, 1.165) is 0 Å². The first-order chi connectivity index (χ1) is 13.4. The summed E-state index contributed by atoms with van der Waals surface area (Å²) in [7, 11) is 0. The minimum Gasteiger partial charge on any atom is -0.419 e. The Bertz CT molecular complexity index is 1200. The van der Waals surface area contributed by atoms with Crippen LogP contribution in [-0.2, 0) is 12.7 Å². The summed E-state index contributed by atoms with van der Waals surface area (Å²) in [5.74, 6) is 0.533. The number of hydrogen-bond donors (Lipinski definition) is 0. The largest absolute Gasteiger partial charge is 0.419 e. The second-order valence-electron chi connectivity index (χ2n) is 6.12.